The summed E-state index contributed by atoms with van der Waals surface area (Å²) in [4.78, 5) is 93.7. The molecule has 11 N–H and O–H groups in total. The second-order valence-electron chi connectivity index (χ2n) is 12.9. The van der Waals surface area contributed by atoms with Crippen molar-refractivity contribution in [3.8, 4) is 5.75 Å². The molecule has 0 aliphatic carbocycles. The Balaban J connectivity index is 2.00. The SMILES string of the molecule is CC(C)[C@H](NC(=O)[C@@H](N)CO)C(=O)N[C@H]1CSC(=O)[C@H](Cc2ccccc2)NC(=O)[C@H](Cc2ccc(O)cc2)NC(=O)[C@H](CO)NC(=O)[C@H](C)NC1=O. The molecule has 0 aromatic heterocycles. The number of carbonyl (C=O) groups excluding carboxylic acids is 7. The molecule has 0 bridgehead atoms. The Labute approximate surface area is 310 Å². The van der Waals surface area contributed by atoms with Gasteiger partial charge in [0, 0.05) is 18.6 Å². The number of aliphatic hydroxyl groups is 2. The molecule has 1 saturated heterocycles. The van der Waals surface area contributed by atoms with Gasteiger partial charge < -0.3 is 53.0 Å². The van der Waals surface area contributed by atoms with Crippen molar-refractivity contribution >= 4 is 52.3 Å². The Morgan fingerprint density at radius 1 is 0.792 bits per heavy atom. The molecule has 0 saturated carbocycles. The van der Waals surface area contributed by atoms with E-state index in [4.69, 9.17) is 5.73 Å². The fourth-order valence-corrected chi connectivity index (χ4v) is 6.03. The van der Waals surface area contributed by atoms with Crippen LogP contribution in [0.4, 0.5) is 0 Å². The van der Waals surface area contributed by atoms with Crippen LogP contribution in [0, 0.1) is 5.92 Å². The monoisotopic (exact) mass is 757 g/mol. The predicted molar refractivity (Wildman–Crippen MR) is 194 cm³/mol. The van der Waals surface area contributed by atoms with Crippen LogP contribution in [-0.4, -0.2) is 117 Å². The van der Waals surface area contributed by atoms with Crippen LogP contribution < -0.4 is 37.6 Å². The summed E-state index contributed by atoms with van der Waals surface area (Å²) in [6.45, 7) is 2.98. The molecule has 2 aromatic carbocycles. The maximum Gasteiger partial charge on any atom is 0.245 e. The second-order valence-corrected chi connectivity index (χ2v) is 13.9. The van der Waals surface area contributed by atoms with E-state index in [1.807, 2.05) is 0 Å². The van der Waals surface area contributed by atoms with E-state index >= 15 is 0 Å². The molecule has 2 aromatic rings. The number of amides is 6. The van der Waals surface area contributed by atoms with Crippen molar-refractivity contribution in [3.63, 3.8) is 0 Å². The van der Waals surface area contributed by atoms with Gasteiger partial charge in [0.15, 0.2) is 0 Å². The third-order valence-electron chi connectivity index (χ3n) is 8.27. The number of rotatable bonds is 11. The van der Waals surface area contributed by atoms with Crippen molar-refractivity contribution in [1.82, 2.24) is 31.9 Å². The number of phenolic OH excluding ortho intramolecular Hbond substituents is 1. The van der Waals surface area contributed by atoms with E-state index in [9.17, 15) is 48.9 Å². The van der Waals surface area contributed by atoms with Gasteiger partial charge in [-0.2, -0.15) is 0 Å². The average Bonchev–Trinajstić information content (AvgIpc) is 3.13. The highest BCUT2D eigenvalue weighted by Crippen LogP contribution is 2.16. The van der Waals surface area contributed by atoms with Crippen LogP contribution in [-0.2, 0) is 46.4 Å². The first-order chi connectivity index (χ1) is 25.1. The van der Waals surface area contributed by atoms with Gasteiger partial charge in [0.1, 0.15) is 48.0 Å². The third-order valence-corrected chi connectivity index (χ3v) is 9.34. The maximum absolute atomic E-state index is 13.9. The van der Waals surface area contributed by atoms with Crippen LogP contribution in [0.15, 0.2) is 54.6 Å². The van der Waals surface area contributed by atoms with Crippen LogP contribution in [0.1, 0.15) is 31.9 Å². The molecule has 3 rings (SSSR count). The molecule has 6 amide bonds. The standard InChI is InChI=1S/C35H47N7O10S/c1-18(2)28(42-30(47)23(36)15-43)34(51)41-27-17-53-35(52)25(14-20-7-5-4-6-8-20)39-31(48)24(13-21-9-11-22(45)12-10-21)38-32(49)26(16-44)40-29(46)19(3)37-33(27)50/h4-12,18-19,23-28,43-45H,13-17,36H2,1-3H3,(H,37,50)(H,38,49)(H,39,48)(H,40,46)(H,41,51)(H,42,47)/t19-,23-,24-,25-,26-,27-,28-/m0/s1. The lowest BCUT2D eigenvalue weighted by atomic mass is 10.0. The van der Waals surface area contributed by atoms with Gasteiger partial charge in [0.2, 0.25) is 40.6 Å². The normalized spacial score (nSPS) is 23.2. The molecule has 7 atom stereocenters. The van der Waals surface area contributed by atoms with Gasteiger partial charge in [-0.25, -0.2) is 0 Å². The van der Waals surface area contributed by atoms with Crippen LogP contribution in [0.3, 0.4) is 0 Å². The number of carbonyl (C=O) groups is 7. The van der Waals surface area contributed by atoms with Crippen molar-refractivity contribution in [1.29, 1.82) is 0 Å². The van der Waals surface area contributed by atoms with Crippen LogP contribution >= 0.6 is 11.8 Å². The van der Waals surface area contributed by atoms with Crippen molar-refractivity contribution in [2.75, 3.05) is 19.0 Å². The molecule has 0 unspecified atom stereocenters. The molecule has 0 spiro atoms. The lowest BCUT2D eigenvalue weighted by molar-refractivity contribution is -0.135. The summed E-state index contributed by atoms with van der Waals surface area (Å²) in [6, 6.07) is 5.24. The minimum Gasteiger partial charge on any atom is -0.508 e. The molecule has 0 radical (unpaired) electrons. The van der Waals surface area contributed by atoms with Crippen molar-refractivity contribution in [2.45, 2.75) is 75.9 Å². The maximum atomic E-state index is 13.9. The summed E-state index contributed by atoms with van der Waals surface area (Å²) in [7, 11) is 0. The van der Waals surface area contributed by atoms with Crippen molar-refractivity contribution in [3.05, 3.63) is 65.7 Å². The Morgan fingerprint density at radius 3 is 1.96 bits per heavy atom. The number of hydrogen-bond donors (Lipinski definition) is 10. The zero-order valence-electron chi connectivity index (χ0n) is 29.5. The lowest BCUT2D eigenvalue weighted by Crippen LogP contribution is -2.61. The molecule has 17 nitrogen and oxygen atoms in total. The lowest BCUT2D eigenvalue weighted by Gasteiger charge is -2.28. The Bertz CT molecular complexity index is 1610. The number of nitrogens with one attached hydrogen (secondary N) is 6. The largest absolute Gasteiger partial charge is 0.508 e. The van der Waals surface area contributed by atoms with Gasteiger partial charge in [0.05, 0.1) is 13.2 Å². The molecule has 288 valence electrons. The second kappa shape index (κ2) is 20.3. The van der Waals surface area contributed by atoms with Crippen LogP contribution in [0.25, 0.3) is 0 Å². The number of hydrogen-bond acceptors (Lipinski definition) is 12. The molecule has 1 aliphatic heterocycles. The van der Waals surface area contributed by atoms with E-state index in [0.717, 1.165) is 0 Å². The van der Waals surface area contributed by atoms with Gasteiger partial charge >= 0.3 is 0 Å². The third kappa shape index (κ3) is 12.8. The topological polar surface area (TPSA) is 278 Å². The highest BCUT2D eigenvalue weighted by atomic mass is 32.2. The first kappa shape index (κ1) is 42.4. The first-order valence-corrected chi connectivity index (χ1v) is 17.9. The van der Waals surface area contributed by atoms with E-state index in [-0.39, 0.29) is 24.3 Å². The summed E-state index contributed by atoms with van der Waals surface area (Å²) in [5.74, 6) is -6.03. The van der Waals surface area contributed by atoms with Gasteiger partial charge in [-0.1, -0.05) is 68.1 Å². The van der Waals surface area contributed by atoms with Gasteiger partial charge in [0.25, 0.3) is 0 Å². The van der Waals surface area contributed by atoms with Crippen molar-refractivity contribution in [2.24, 2.45) is 11.7 Å². The number of nitrogens with two attached hydrogens (primary N) is 1. The van der Waals surface area contributed by atoms with E-state index < -0.39 is 102 Å². The fourth-order valence-electron chi connectivity index (χ4n) is 5.12. The average molecular weight is 758 g/mol. The number of aromatic hydroxyl groups is 1. The Kier molecular flexibility index (Phi) is 16.2. The smallest absolute Gasteiger partial charge is 0.245 e. The number of thioether (sulfide) groups is 1. The number of benzene rings is 2. The van der Waals surface area contributed by atoms with E-state index in [2.05, 4.69) is 31.9 Å². The summed E-state index contributed by atoms with van der Waals surface area (Å²) in [5.41, 5.74) is 6.81. The molecule has 1 fully saturated rings. The molecule has 1 heterocycles. The predicted octanol–water partition coefficient (Wildman–Crippen LogP) is -2.65. The zero-order valence-corrected chi connectivity index (χ0v) is 30.4. The van der Waals surface area contributed by atoms with E-state index in [1.54, 1.807) is 44.2 Å². The quantitative estimate of drug-likeness (QED) is 0.113. The summed E-state index contributed by atoms with van der Waals surface area (Å²) in [5, 5.41) is 43.4. The molecule has 1 aliphatic rings. The summed E-state index contributed by atoms with van der Waals surface area (Å²) >= 11 is 0.633. The number of aliphatic hydroxyl groups excluding tert-OH is 2. The van der Waals surface area contributed by atoms with Gasteiger partial charge in [-0.05, 0) is 36.1 Å². The molecular weight excluding hydrogens is 710 g/mol. The minimum atomic E-state index is -1.56. The Morgan fingerprint density at radius 2 is 1.36 bits per heavy atom. The fraction of sp³-hybridized carbons (Fsp3) is 0.457. The highest BCUT2D eigenvalue weighted by Gasteiger charge is 2.35. The highest BCUT2D eigenvalue weighted by molar-refractivity contribution is 8.13. The van der Waals surface area contributed by atoms with Crippen LogP contribution in [0.5, 0.6) is 5.75 Å². The molecule has 18 heteroatoms. The molecule has 53 heavy (non-hydrogen) atoms. The summed E-state index contributed by atoms with van der Waals surface area (Å²) in [6.07, 6.45) is -0.0822. The minimum absolute atomic E-state index is 0.0143. The Hall–Kier alpha value is -5.04. The van der Waals surface area contributed by atoms with Crippen LogP contribution in [0.2, 0.25) is 0 Å². The molecular formula is C35H47N7O10S. The zero-order chi connectivity index (χ0) is 39.2. The first-order valence-electron chi connectivity index (χ1n) is 16.9. The van der Waals surface area contributed by atoms with E-state index in [0.29, 0.717) is 22.9 Å². The van der Waals surface area contributed by atoms with Gasteiger partial charge in [-0.15, -0.1) is 0 Å². The summed E-state index contributed by atoms with van der Waals surface area (Å²) < 4.78 is 0. The number of phenols is 1. The van der Waals surface area contributed by atoms with Crippen molar-refractivity contribution < 1.29 is 48.9 Å². The van der Waals surface area contributed by atoms with Gasteiger partial charge in [-0.3, -0.25) is 33.6 Å². The van der Waals surface area contributed by atoms with E-state index in [1.165, 1.54) is 31.2 Å².